The zero-order valence-electron chi connectivity index (χ0n) is 14.0. The molecule has 7 heteroatoms. The number of carbonyl (C=O) groups excluding carboxylic acids is 1. The van der Waals surface area contributed by atoms with Gasteiger partial charge >= 0.3 is 0 Å². The first kappa shape index (κ1) is 17.9. The van der Waals surface area contributed by atoms with Crippen molar-refractivity contribution in [2.75, 3.05) is 20.3 Å². The monoisotopic (exact) mass is 362 g/mol. The van der Waals surface area contributed by atoms with E-state index in [2.05, 4.69) is 10.6 Å². The van der Waals surface area contributed by atoms with Gasteiger partial charge in [0.1, 0.15) is 11.9 Å². The minimum absolute atomic E-state index is 0.138. The Labute approximate surface area is 150 Å². The molecule has 0 radical (unpaired) electrons. The van der Waals surface area contributed by atoms with Crippen LogP contribution in [0.15, 0.2) is 41.8 Å². The fourth-order valence-corrected chi connectivity index (χ4v) is 3.36. The maximum atomic E-state index is 11.9. The lowest BCUT2D eigenvalue weighted by Crippen LogP contribution is -2.44. The second kappa shape index (κ2) is 8.44. The summed E-state index contributed by atoms with van der Waals surface area (Å²) in [7, 11) is 1.64. The highest BCUT2D eigenvalue weighted by Gasteiger charge is 2.35. The van der Waals surface area contributed by atoms with Gasteiger partial charge in [-0.2, -0.15) is 0 Å². The summed E-state index contributed by atoms with van der Waals surface area (Å²) >= 11 is 1.39. The van der Waals surface area contributed by atoms with Crippen molar-refractivity contribution < 1.29 is 19.4 Å². The van der Waals surface area contributed by atoms with Crippen LogP contribution in [-0.2, 0) is 11.3 Å². The Morgan fingerprint density at radius 2 is 2.16 bits per heavy atom. The molecule has 3 atom stereocenters. The van der Waals surface area contributed by atoms with Crippen molar-refractivity contribution in [2.24, 2.45) is 0 Å². The number of benzene rings is 1. The SMILES string of the molecule is COc1ccc(CNC2COC(CNC(=O)c3cccs3)C2O)cc1. The third-order valence-electron chi connectivity index (χ3n) is 4.22. The lowest BCUT2D eigenvalue weighted by atomic mass is 10.1. The number of hydrogen-bond acceptors (Lipinski definition) is 6. The van der Waals surface area contributed by atoms with Crippen molar-refractivity contribution >= 4 is 17.2 Å². The van der Waals surface area contributed by atoms with Gasteiger partial charge in [-0.05, 0) is 29.1 Å². The van der Waals surface area contributed by atoms with Gasteiger partial charge in [-0.15, -0.1) is 11.3 Å². The van der Waals surface area contributed by atoms with Gasteiger partial charge in [-0.3, -0.25) is 4.79 Å². The molecule has 134 valence electrons. The lowest BCUT2D eigenvalue weighted by Gasteiger charge is -2.19. The van der Waals surface area contributed by atoms with Crippen LogP contribution in [0.25, 0.3) is 0 Å². The van der Waals surface area contributed by atoms with E-state index < -0.39 is 12.2 Å². The van der Waals surface area contributed by atoms with E-state index in [1.807, 2.05) is 35.7 Å². The molecule has 3 N–H and O–H groups in total. The summed E-state index contributed by atoms with van der Waals surface area (Å²) in [6.07, 6.45) is -1.07. The molecule has 0 spiro atoms. The minimum Gasteiger partial charge on any atom is -0.497 e. The Bertz CT molecular complexity index is 675. The highest BCUT2D eigenvalue weighted by Crippen LogP contribution is 2.16. The zero-order valence-corrected chi connectivity index (χ0v) is 14.8. The van der Waals surface area contributed by atoms with E-state index in [0.717, 1.165) is 11.3 Å². The number of amides is 1. The number of hydrogen-bond donors (Lipinski definition) is 3. The van der Waals surface area contributed by atoms with Gasteiger partial charge in [0.25, 0.3) is 5.91 Å². The fraction of sp³-hybridized carbons (Fsp3) is 0.389. The standard InChI is InChI=1S/C18H22N2O4S/c1-23-13-6-4-12(5-7-13)9-19-14-11-24-15(17(14)21)10-20-18(22)16-3-2-8-25-16/h2-8,14-15,17,19,21H,9-11H2,1H3,(H,20,22). The Morgan fingerprint density at radius 1 is 1.36 bits per heavy atom. The van der Waals surface area contributed by atoms with Crippen LogP contribution in [0.5, 0.6) is 5.75 Å². The summed E-state index contributed by atoms with van der Waals surface area (Å²) in [5.41, 5.74) is 1.10. The second-order valence-electron chi connectivity index (χ2n) is 5.89. The van der Waals surface area contributed by atoms with Crippen molar-refractivity contribution in [1.82, 2.24) is 10.6 Å². The Hall–Kier alpha value is -1.93. The maximum absolute atomic E-state index is 11.9. The molecule has 2 aromatic rings. The van der Waals surface area contributed by atoms with Crippen LogP contribution in [0, 0.1) is 0 Å². The predicted octanol–water partition coefficient (Wildman–Crippen LogP) is 1.40. The van der Waals surface area contributed by atoms with Gasteiger partial charge < -0.3 is 25.2 Å². The molecule has 1 aromatic heterocycles. The predicted molar refractivity (Wildman–Crippen MR) is 96.0 cm³/mol. The van der Waals surface area contributed by atoms with Gasteiger partial charge in [0.15, 0.2) is 0 Å². The smallest absolute Gasteiger partial charge is 0.261 e. The number of methoxy groups -OCH3 is 1. The molecule has 0 aliphatic carbocycles. The first-order chi connectivity index (χ1) is 12.2. The summed E-state index contributed by atoms with van der Waals surface area (Å²) in [6.45, 7) is 1.33. The topological polar surface area (TPSA) is 79.8 Å². The van der Waals surface area contributed by atoms with E-state index in [4.69, 9.17) is 9.47 Å². The van der Waals surface area contributed by atoms with Crippen LogP contribution in [0.3, 0.4) is 0 Å². The normalized spacial score (nSPS) is 22.7. The molecule has 1 aromatic carbocycles. The van der Waals surface area contributed by atoms with E-state index in [1.165, 1.54) is 11.3 Å². The van der Waals surface area contributed by atoms with Gasteiger partial charge in [-0.25, -0.2) is 0 Å². The number of rotatable bonds is 7. The number of thiophene rings is 1. The molecule has 0 saturated carbocycles. The highest BCUT2D eigenvalue weighted by molar-refractivity contribution is 7.12. The van der Waals surface area contributed by atoms with Crippen molar-refractivity contribution in [3.8, 4) is 5.75 Å². The number of nitrogens with one attached hydrogen (secondary N) is 2. The van der Waals surface area contributed by atoms with Crippen molar-refractivity contribution in [3.05, 3.63) is 52.2 Å². The summed E-state index contributed by atoms with van der Waals surface area (Å²) in [6, 6.07) is 11.2. The zero-order chi connectivity index (χ0) is 17.6. The molecule has 2 heterocycles. The van der Waals surface area contributed by atoms with Crippen molar-refractivity contribution in [2.45, 2.75) is 24.8 Å². The Balaban J connectivity index is 1.44. The van der Waals surface area contributed by atoms with E-state index in [9.17, 15) is 9.90 Å². The van der Waals surface area contributed by atoms with E-state index in [-0.39, 0.29) is 11.9 Å². The second-order valence-corrected chi connectivity index (χ2v) is 6.83. The Morgan fingerprint density at radius 3 is 2.84 bits per heavy atom. The molecule has 1 aliphatic heterocycles. The summed E-state index contributed by atoms with van der Waals surface area (Å²) in [4.78, 5) is 12.6. The molecule has 0 bridgehead atoms. The number of carbonyl (C=O) groups is 1. The Kier molecular flexibility index (Phi) is 6.04. The van der Waals surface area contributed by atoms with E-state index in [1.54, 1.807) is 13.2 Å². The van der Waals surface area contributed by atoms with Crippen LogP contribution in [0.2, 0.25) is 0 Å². The molecule has 1 fully saturated rings. The first-order valence-electron chi connectivity index (χ1n) is 8.15. The third kappa shape index (κ3) is 4.58. The van der Waals surface area contributed by atoms with E-state index in [0.29, 0.717) is 24.6 Å². The largest absolute Gasteiger partial charge is 0.497 e. The van der Waals surface area contributed by atoms with Crippen LogP contribution < -0.4 is 15.4 Å². The van der Waals surface area contributed by atoms with Crippen LogP contribution in [-0.4, -0.2) is 49.5 Å². The van der Waals surface area contributed by atoms with Crippen molar-refractivity contribution in [1.29, 1.82) is 0 Å². The highest BCUT2D eigenvalue weighted by atomic mass is 32.1. The molecule has 1 aliphatic rings. The van der Waals surface area contributed by atoms with Gasteiger partial charge in [0.2, 0.25) is 0 Å². The van der Waals surface area contributed by atoms with Gasteiger partial charge in [0, 0.05) is 13.1 Å². The number of ether oxygens (including phenoxy) is 2. The molecule has 1 amide bonds. The first-order valence-corrected chi connectivity index (χ1v) is 9.03. The van der Waals surface area contributed by atoms with Crippen molar-refractivity contribution in [3.63, 3.8) is 0 Å². The van der Waals surface area contributed by atoms with E-state index >= 15 is 0 Å². The molecule has 6 nitrogen and oxygen atoms in total. The molecule has 1 saturated heterocycles. The summed E-state index contributed by atoms with van der Waals surface area (Å²) in [5.74, 6) is 0.676. The van der Waals surface area contributed by atoms with Crippen LogP contribution in [0.4, 0.5) is 0 Å². The molecular weight excluding hydrogens is 340 g/mol. The maximum Gasteiger partial charge on any atom is 0.261 e. The average Bonchev–Trinajstić information content (AvgIpc) is 3.29. The van der Waals surface area contributed by atoms with Crippen LogP contribution >= 0.6 is 11.3 Å². The molecule has 25 heavy (non-hydrogen) atoms. The van der Waals surface area contributed by atoms with Gasteiger partial charge in [0.05, 0.1) is 30.7 Å². The fourth-order valence-electron chi connectivity index (χ4n) is 2.72. The molecule has 3 unspecified atom stereocenters. The third-order valence-corrected chi connectivity index (χ3v) is 5.09. The summed E-state index contributed by atoms with van der Waals surface area (Å²) in [5, 5.41) is 18.4. The average molecular weight is 362 g/mol. The quantitative estimate of drug-likeness (QED) is 0.694. The minimum atomic E-state index is -0.665. The summed E-state index contributed by atoms with van der Waals surface area (Å²) < 4.78 is 10.8. The molecular formula is C18H22N2O4S. The van der Waals surface area contributed by atoms with Gasteiger partial charge in [-0.1, -0.05) is 18.2 Å². The number of aliphatic hydroxyl groups is 1. The number of aliphatic hydroxyl groups excluding tert-OH is 1. The molecule has 3 rings (SSSR count). The lowest BCUT2D eigenvalue weighted by molar-refractivity contribution is 0.0399. The van der Waals surface area contributed by atoms with Crippen LogP contribution in [0.1, 0.15) is 15.2 Å².